The summed E-state index contributed by atoms with van der Waals surface area (Å²) in [7, 11) is 4.10. The van der Waals surface area contributed by atoms with Gasteiger partial charge < -0.3 is 9.80 Å². The molecule has 0 N–H and O–H groups in total. The van der Waals surface area contributed by atoms with Gasteiger partial charge in [-0.05, 0) is 38.6 Å². The molecule has 0 aliphatic carbocycles. The highest BCUT2D eigenvalue weighted by molar-refractivity contribution is 6.31. The monoisotopic (exact) mass is 326 g/mol. The van der Waals surface area contributed by atoms with Crippen molar-refractivity contribution in [3.63, 3.8) is 0 Å². The van der Waals surface area contributed by atoms with Crippen LogP contribution in [0.5, 0.6) is 0 Å². The Kier molecular flexibility index (Phi) is 5.81. The van der Waals surface area contributed by atoms with E-state index in [1.807, 2.05) is 4.90 Å². The molecule has 0 spiro atoms. The fraction of sp³-hybridized carbons (Fsp3) is 0.588. The number of halogens is 2. The maximum Gasteiger partial charge on any atom is 0.227 e. The molecule has 1 fully saturated rings. The maximum absolute atomic E-state index is 13.8. The highest BCUT2D eigenvalue weighted by Crippen LogP contribution is 2.26. The Hall–Kier alpha value is -1.13. The van der Waals surface area contributed by atoms with Gasteiger partial charge in [-0.15, -0.1) is 0 Å². The molecule has 3 nitrogen and oxygen atoms in total. The van der Waals surface area contributed by atoms with Crippen molar-refractivity contribution < 1.29 is 9.18 Å². The van der Waals surface area contributed by atoms with E-state index < -0.39 is 5.82 Å². The van der Waals surface area contributed by atoms with Gasteiger partial charge in [0.25, 0.3) is 0 Å². The van der Waals surface area contributed by atoms with Gasteiger partial charge in [-0.3, -0.25) is 4.79 Å². The lowest BCUT2D eigenvalue weighted by Crippen LogP contribution is -2.36. The number of carbonyl (C=O) groups is 1. The molecule has 5 heteroatoms. The van der Waals surface area contributed by atoms with Crippen molar-refractivity contribution in [2.45, 2.75) is 32.2 Å². The third-order valence-corrected chi connectivity index (χ3v) is 4.83. The quantitative estimate of drug-likeness (QED) is 0.829. The van der Waals surface area contributed by atoms with Crippen molar-refractivity contribution in [3.05, 3.63) is 34.6 Å². The Balaban J connectivity index is 2.07. The molecule has 1 aliphatic rings. The van der Waals surface area contributed by atoms with Crippen molar-refractivity contribution >= 4 is 17.5 Å². The minimum Gasteiger partial charge on any atom is -0.340 e. The largest absolute Gasteiger partial charge is 0.340 e. The Morgan fingerprint density at radius 2 is 2.14 bits per heavy atom. The summed E-state index contributed by atoms with van der Waals surface area (Å²) in [6.45, 7) is 3.63. The number of carbonyl (C=O) groups excluding carboxylic acids is 1. The molecule has 0 aromatic heterocycles. The van der Waals surface area contributed by atoms with Crippen molar-refractivity contribution in [2.24, 2.45) is 5.92 Å². The van der Waals surface area contributed by atoms with Gasteiger partial charge in [0, 0.05) is 29.7 Å². The van der Waals surface area contributed by atoms with Gasteiger partial charge in [-0.25, -0.2) is 4.39 Å². The van der Waals surface area contributed by atoms with Gasteiger partial charge in [0.1, 0.15) is 5.82 Å². The van der Waals surface area contributed by atoms with Gasteiger partial charge in [0.2, 0.25) is 5.91 Å². The lowest BCUT2D eigenvalue weighted by molar-refractivity contribution is -0.129. The third kappa shape index (κ3) is 3.79. The molecule has 2 rings (SSSR count). The van der Waals surface area contributed by atoms with E-state index in [4.69, 9.17) is 11.6 Å². The molecule has 1 saturated heterocycles. The number of hydrogen-bond donors (Lipinski definition) is 0. The molecule has 1 aromatic rings. The highest BCUT2D eigenvalue weighted by Gasteiger charge is 2.35. The molecule has 1 aliphatic heterocycles. The fourth-order valence-electron chi connectivity index (χ4n) is 3.26. The van der Waals surface area contributed by atoms with E-state index in [-0.39, 0.29) is 12.3 Å². The topological polar surface area (TPSA) is 23.6 Å². The van der Waals surface area contributed by atoms with Gasteiger partial charge in [-0.1, -0.05) is 31.0 Å². The number of nitrogens with zero attached hydrogens (tertiary/aromatic N) is 2. The fourth-order valence-corrected chi connectivity index (χ4v) is 3.49. The van der Waals surface area contributed by atoms with Crippen LogP contribution in [0.1, 0.15) is 25.3 Å². The first-order valence-electron chi connectivity index (χ1n) is 7.81. The molecule has 1 aromatic carbocycles. The SMILES string of the molecule is CCC[C@@H]1CN(C(=O)Cc2c(F)cccc2Cl)C[C@H]1N(C)C. The molecule has 0 saturated carbocycles. The first-order valence-corrected chi connectivity index (χ1v) is 8.19. The summed E-state index contributed by atoms with van der Waals surface area (Å²) in [6, 6.07) is 4.90. The van der Waals surface area contributed by atoms with Crippen LogP contribution >= 0.6 is 11.6 Å². The number of benzene rings is 1. The van der Waals surface area contributed by atoms with Gasteiger partial charge >= 0.3 is 0 Å². The summed E-state index contributed by atoms with van der Waals surface area (Å²) in [5.41, 5.74) is 0.300. The van der Waals surface area contributed by atoms with Crippen molar-refractivity contribution in [3.8, 4) is 0 Å². The predicted molar refractivity (Wildman–Crippen MR) is 87.6 cm³/mol. The van der Waals surface area contributed by atoms with Crippen molar-refractivity contribution in [1.82, 2.24) is 9.80 Å². The lowest BCUT2D eigenvalue weighted by Gasteiger charge is -2.24. The van der Waals surface area contributed by atoms with E-state index >= 15 is 0 Å². The summed E-state index contributed by atoms with van der Waals surface area (Å²) in [5, 5.41) is 0.321. The van der Waals surface area contributed by atoms with Crippen LogP contribution in [0.15, 0.2) is 18.2 Å². The minimum atomic E-state index is -0.408. The molecule has 0 bridgehead atoms. The van der Waals surface area contributed by atoms with Crippen LogP contribution in [0.4, 0.5) is 4.39 Å². The average Bonchev–Trinajstić information content (AvgIpc) is 2.87. The number of amides is 1. The summed E-state index contributed by atoms with van der Waals surface area (Å²) in [5.74, 6) is 0.0341. The van der Waals surface area contributed by atoms with Crippen LogP contribution in [0.2, 0.25) is 5.02 Å². The summed E-state index contributed by atoms with van der Waals surface area (Å²) >= 11 is 6.02. The van der Waals surface area contributed by atoms with E-state index in [1.54, 1.807) is 12.1 Å². The van der Waals surface area contributed by atoms with Crippen molar-refractivity contribution in [2.75, 3.05) is 27.2 Å². The Morgan fingerprint density at radius 3 is 2.73 bits per heavy atom. The molecule has 122 valence electrons. The Bertz CT molecular complexity index is 515. The minimum absolute atomic E-state index is 0.0322. The summed E-state index contributed by atoms with van der Waals surface area (Å²) < 4.78 is 13.8. The zero-order valence-electron chi connectivity index (χ0n) is 13.5. The second-order valence-corrected chi connectivity index (χ2v) is 6.66. The van der Waals surface area contributed by atoms with Crippen LogP contribution in [-0.2, 0) is 11.2 Å². The van der Waals surface area contributed by atoms with Gasteiger partial charge in [0.05, 0.1) is 6.42 Å². The summed E-state index contributed by atoms with van der Waals surface area (Å²) in [4.78, 5) is 16.6. The van der Waals surface area contributed by atoms with Gasteiger partial charge in [0.15, 0.2) is 0 Å². The third-order valence-electron chi connectivity index (χ3n) is 4.47. The molecule has 0 radical (unpaired) electrons. The molecule has 0 unspecified atom stereocenters. The average molecular weight is 327 g/mol. The molecule has 22 heavy (non-hydrogen) atoms. The number of hydrogen-bond acceptors (Lipinski definition) is 2. The normalized spacial score (nSPS) is 21.6. The van der Waals surface area contributed by atoms with E-state index in [0.29, 0.717) is 29.1 Å². The molecule has 1 amide bonds. The lowest BCUT2D eigenvalue weighted by atomic mass is 9.98. The van der Waals surface area contributed by atoms with Crippen LogP contribution in [0, 0.1) is 11.7 Å². The zero-order chi connectivity index (χ0) is 16.3. The number of likely N-dealkylation sites (N-methyl/N-ethyl adjacent to an activating group) is 1. The zero-order valence-corrected chi connectivity index (χ0v) is 14.2. The predicted octanol–water partition coefficient (Wildman–Crippen LogP) is 3.21. The molecule has 1 heterocycles. The first kappa shape index (κ1) is 17.2. The molecular weight excluding hydrogens is 303 g/mol. The van der Waals surface area contributed by atoms with E-state index in [9.17, 15) is 9.18 Å². The maximum atomic E-state index is 13.8. The van der Waals surface area contributed by atoms with E-state index in [2.05, 4.69) is 25.9 Å². The number of likely N-dealkylation sites (tertiary alicyclic amines) is 1. The molecular formula is C17H24ClFN2O. The smallest absolute Gasteiger partial charge is 0.227 e. The van der Waals surface area contributed by atoms with Crippen LogP contribution in [0.3, 0.4) is 0 Å². The van der Waals surface area contributed by atoms with E-state index in [1.165, 1.54) is 6.07 Å². The van der Waals surface area contributed by atoms with Gasteiger partial charge in [-0.2, -0.15) is 0 Å². The van der Waals surface area contributed by atoms with Crippen molar-refractivity contribution in [1.29, 1.82) is 0 Å². The summed E-state index contributed by atoms with van der Waals surface area (Å²) in [6.07, 6.45) is 2.24. The van der Waals surface area contributed by atoms with Crippen LogP contribution in [0.25, 0.3) is 0 Å². The standard InChI is InChI=1S/C17H24ClFN2O/c1-4-6-12-10-21(11-16(12)20(2)3)17(22)9-13-14(18)7-5-8-15(13)19/h5,7-8,12,16H,4,6,9-11H2,1-3H3/t12-,16-/m1/s1. The second kappa shape index (κ2) is 7.42. The number of rotatable bonds is 5. The first-order chi connectivity index (χ1) is 10.4. The van der Waals surface area contributed by atoms with E-state index in [0.717, 1.165) is 19.4 Å². The second-order valence-electron chi connectivity index (χ2n) is 6.26. The van der Waals surface area contributed by atoms with Crippen LogP contribution in [-0.4, -0.2) is 48.9 Å². The molecule has 2 atom stereocenters. The Labute approximate surface area is 137 Å². The highest BCUT2D eigenvalue weighted by atomic mass is 35.5. The van der Waals surface area contributed by atoms with Crippen LogP contribution < -0.4 is 0 Å². The Morgan fingerprint density at radius 1 is 1.41 bits per heavy atom.